The highest BCUT2D eigenvalue weighted by atomic mass is 19.4. The number of carbonyl (C=O) groups is 2. The van der Waals surface area contributed by atoms with Crippen LogP contribution in [0.2, 0.25) is 0 Å². The van der Waals surface area contributed by atoms with Gasteiger partial charge in [0.25, 0.3) is 0 Å². The van der Waals surface area contributed by atoms with Crippen molar-refractivity contribution in [2.45, 2.75) is 57.2 Å². The number of ether oxygens (including phenoxy) is 3. The van der Waals surface area contributed by atoms with E-state index < -0.39 is 18.6 Å². The molecule has 3 rings (SSSR count). The molecule has 2 aromatic rings. The Balaban J connectivity index is 1.35. The number of rotatable bonds is 11. The fourth-order valence-electron chi connectivity index (χ4n) is 4.15. The van der Waals surface area contributed by atoms with Crippen LogP contribution in [0.4, 0.5) is 24.5 Å². The molecule has 1 aliphatic carbocycles. The van der Waals surface area contributed by atoms with Crippen LogP contribution in [0.15, 0.2) is 48.5 Å². The van der Waals surface area contributed by atoms with Crippen molar-refractivity contribution in [3.8, 4) is 5.75 Å². The van der Waals surface area contributed by atoms with Crippen LogP contribution >= 0.6 is 0 Å². The number of nitrogen functional groups attached to an aromatic ring is 2. The van der Waals surface area contributed by atoms with E-state index in [1.807, 2.05) is 0 Å². The van der Waals surface area contributed by atoms with Crippen molar-refractivity contribution < 1.29 is 37.0 Å². The Bertz CT molecular complexity index is 1090. The summed E-state index contributed by atoms with van der Waals surface area (Å²) in [6, 6.07) is 11.9. The molecule has 1 aliphatic rings. The first-order valence-electron chi connectivity index (χ1n) is 12.6. The van der Waals surface area contributed by atoms with E-state index in [0.717, 1.165) is 11.1 Å². The highest BCUT2D eigenvalue weighted by molar-refractivity contribution is 5.87. The van der Waals surface area contributed by atoms with Crippen LogP contribution in [0, 0.1) is 5.92 Å². The number of halogens is 3. The highest BCUT2D eigenvalue weighted by Gasteiger charge is 2.29. The van der Waals surface area contributed by atoms with Crippen LogP contribution in [-0.4, -0.2) is 37.4 Å². The summed E-state index contributed by atoms with van der Waals surface area (Å²) in [4.78, 5) is 24.5. The second kappa shape index (κ2) is 13.9. The zero-order valence-corrected chi connectivity index (χ0v) is 21.0. The van der Waals surface area contributed by atoms with Crippen LogP contribution in [0.5, 0.6) is 5.75 Å². The third-order valence-corrected chi connectivity index (χ3v) is 6.26. The second-order valence-electron chi connectivity index (χ2n) is 9.26. The summed E-state index contributed by atoms with van der Waals surface area (Å²) >= 11 is 0. The van der Waals surface area contributed by atoms with Crippen LogP contribution in [0.25, 0.3) is 6.08 Å². The first-order chi connectivity index (χ1) is 18.1. The van der Waals surface area contributed by atoms with Gasteiger partial charge in [-0.2, -0.15) is 13.2 Å². The van der Waals surface area contributed by atoms with Gasteiger partial charge in [-0.3, -0.25) is 4.79 Å². The Morgan fingerprint density at radius 2 is 1.68 bits per heavy atom. The Kier molecular flexibility index (Phi) is 10.6. The molecule has 0 unspecified atom stereocenters. The molecule has 0 amide bonds. The standard InChI is InChI=1S/C28H33F3N2O5/c29-28(30,31)15-1-16-36-23-11-6-21(7-12-23)27(35)38-24-9-2-19(3-10-24)4-13-26(34)37-17-14-20-5-8-22(32)18-25(20)33/h2-5,8-10,13,18,21,23H,1,6-7,11-12,14-17,32-33H2/b13-4+. The van der Waals surface area contributed by atoms with E-state index in [4.69, 9.17) is 25.7 Å². The molecule has 0 aliphatic heterocycles. The van der Waals surface area contributed by atoms with Gasteiger partial charge < -0.3 is 25.7 Å². The van der Waals surface area contributed by atoms with E-state index in [0.29, 0.717) is 49.2 Å². The molecule has 1 fully saturated rings. The summed E-state index contributed by atoms with van der Waals surface area (Å²) in [6.07, 6.45) is 0.541. The highest BCUT2D eigenvalue weighted by Crippen LogP contribution is 2.29. The Labute approximate surface area is 219 Å². The maximum absolute atomic E-state index is 12.5. The molecule has 206 valence electrons. The van der Waals surface area contributed by atoms with Gasteiger partial charge in [0.05, 0.1) is 18.6 Å². The van der Waals surface area contributed by atoms with E-state index in [-0.39, 0.29) is 37.6 Å². The predicted molar refractivity (Wildman–Crippen MR) is 138 cm³/mol. The number of benzene rings is 2. The first-order valence-corrected chi connectivity index (χ1v) is 12.6. The average Bonchev–Trinajstić information content (AvgIpc) is 2.87. The minimum absolute atomic E-state index is 0.0576. The smallest absolute Gasteiger partial charge is 0.389 e. The molecular weight excluding hydrogens is 501 g/mol. The number of nitrogens with two attached hydrogens (primary N) is 2. The van der Waals surface area contributed by atoms with E-state index in [1.54, 1.807) is 48.5 Å². The van der Waals surface area contributed by atoms with E-state index in [1.165, 1.54) is 6.08 Å². The molecule has 0 bridgehead atoms. The molecule has 0 radical (unpaired) electrons. The van der Waals surface area contributed by atoms with Gasteiger partial charge in [-0.1, -0.05) is 18.2 Å². The van der Waals surface area contributed by atoms with Crippen LogP contribution in [-0.2, 0) is 25.5 Å². The molecule has 0 spiro atoms. The maximum Gasteiger partial charge on any atom is 0.389 e. The van der Waals surface area contributed by atoms with Crippen molar-refractivity contribution in [2.24, 2.45) is 5.92 Å². The number of alkyl halides is 3. The maximum atomic E-state index is 12.5. The second-order valence-corrected chi connectivity index (χ2v) is 9.26. The van der Waals surface area contributed by atoms with Crippen molar-refractivity contribution in [2.75, 3.05) is 24.7 Å². The molecule has 0 saturated heterocycles. The number of hydrogen-bond acceptors (Lipinski definition) is 7. The van der Waals surface area contributed by atoms with Gasteiger partial charge in [0, 0.05) is 36.9 Å². The van der Waals surface area contributed by atoms with Gasteiger partial charge in [-0.15, -0.1) is 0 Å². The summed E-state index contributed by atoms with van der Waals surface area (Å²) in [6.45, 7) is 0.245. The number of anilines is 2. The zero-order chi connectivity index (χ0) is 27.5. The molecule has 0 heterocycles. The fourth-order valence-corrected chi connectivity index (χ4v) is 4.15. The molecule has 0 atom stereocenters. The quantitative estimate of drug-likeness (QED) is 0.129. The summed E-state index contributed by atoms with van der Waals surface area (Å²) in [5.41, 5.74) is 14.3. The van der Waals surface area contributed by atoms with Crippen LogP contribution in [0.3, 0.4) is 0 Å². The Morgan fingerprint density at radius 1 is 0.974 bits per heavy atom. The van der Waals surface area contributed by atoms with Crippen LogP contribution < -0.4 is 16.2 Å². The lowest BCUT2D eigenvalue weighted by molar-refractivity contribution is -0.143. The van der Waals surface area contributed by atoms with E-state index >= 15 is 0 Å². The predicted octanol–water partition coefficient (Wildman–Crippen LogP) is 5.47. The summed E-state index contributed by atoms with van der Waals surface area (Å²) in [7, 11) is 0. The molecule has 1 saturated carbocycles. The van der Waals surface area contributed by atoms with Gasteiger partial charge in [0.2, 0.25) is 0 Å². The average molecular weight is 535 g/mol. The van der Waals surface area contributed by atoms with Gasteiger partial charge in [-0.25, -0.2) is 4.79 Å². The molecular formula is C28H33F3N2O5. The monoisotopic (exact) mass is 534 g/mol. The van der Waals surface area contributed by atoms with Crippen molar-refractivity contribution in [3.05, 3.63) is 59.7 Å². The van der Waals surface area contributed by atoms with Crippen molar-refractivity contribution in [3.63, 3.8) is 0 Å². The lowest BCUT2D eigenvalue weighted by Gasteiger charge is -2.27. The van der Waals surface area contributed by atoms with Gasteiger partial charge in [0.1, 0.15) is 5.75 Å². The normalized spacial score (nSPS) is 17.9. The van der Waals surface area contributed by atoms with E-state index in [9.17, 15) is 22.8 Å². The Hall–Kier alpha value is -3.53. The van der Waals surface area contributed by atoms with Gasteiger partial charge in [-0.05, 0) is 73.6 Å². The lowest BCUT2D eigenvalue weighted by Crippen LogP contribution is -2.29. The molecule has 10 heteroatoms. The zero-order valence-electron chi connectivity index (χ0n) is 21.0. The minimum atomic E-state index is -4.17. The van der Waals surface area contributed by atoms with Gasteiger partial charge >= 0.3 is 18.1 Å². The van der Waals surface area contributed by atoms with Crippen molar-refractivity contribution in [1.82, 2.24) is 0 Å². The molecule has 2 aromatic carbocycles. The molecule has 0 aromatic heterocycles. The number of carbonyl (C=O) groups excluding carboxylic acids is 2. The SMILES string of the molecule is Nc1ccc(CCOC(=O)/C=C/c2ccc(OC(=O)C3CCC(OCCCC(F)(F)F)CC3)cc2)c(N)c1. The molecule has 4 N–H and O–H groups in total. The minimum Gasteiger partial charge on any atom is -0.462 e. The third kappa shape index (κ3) is 10.1. The number of esters is 2. The summed E-state index contributed by atoms with van der Waals surface area (Å²) < 4.78 is 52.8. The first kappa shape index (κ1) is 29.0. The van der Waals surface area contributed by atoms with Crippen LogP contribution in [0.1, 0.15) is 49.7 Å². The van der Waals surface area contributed by atoms with Gasteiger partial charge in [0.15, 0.2) is 0 Å². The molecule has 38 heavy (non-hydrogen) atoms. The fraction of sp³-hybridized carbons (Fsp3) is 0.429. The largest absolute Gasteiger partial charge is 0.462 e. The van der Waals surface area contributed by atoms with Crippen molar-refractivity contribution >= 4 is 29.4 Å². The van der Waals surface area contributed by atoms with E-state index in [2.05, 4.69) is 0 Å². The Morgan fingerprint density at radius 3 is 2.34 bits per heavy atom. The molecule has 7 nitrogen and oxygen atoms in total. The third-order valence-electron chi connectivity index (χ3n) is 6.26. The topological polar surface area (TPSA) is 114 Å². The summed E-state index contributed by atoms with van der Waals surface area (Å²) in [5, 5.41) is 0. The summed E-state index contributed by atoms with van der Waals surface area (Å²) in [5.74, 6) is -0.715. The van der Waals surface area contributed by atoms with Crippen molar-refractivity contribution in [1.29, 1.82) is 0 Å². The number of hydrogen-bond donors (Lipinski definition) is 2. The lowest BCUT2D eigenvalue weighted by atomic mass is 9.87.